The first-order valence-electron chi connectivity index (χ1n) is 1.49. The molecule has 0 unspecified atom stereocenters. The minimum atomic E-state index is 0. The maximum absolute atomic E-state index is 5.11. The number of hydrogen-bond donors (Lipinski definition) is 1. The SMILES string of the molecule is CC(C)N.[H-].[Li+]. The summed E-state index contributed by atoms with van der Waals surface area (Å²) in [5.41, 5.74) is 5.11. The van der Waals surface area contributed by atoms with Crippen molar-refractivity contribution in [3.63, 3.8) is 0 Å². The summed E-state index contributed by atoms with van der Waals surface area (Å²) in [6.45, 7) is 3.89. The van der Waals surface area contributed by atoms with Crippen molar-refractivity contribution in [2.75, 3.05) is 0 Å². The summed E-state index contributed by atoms with van der Waals surface area (Å²) in [5.74, 6) is 0. The van der Waals surface area contributed by atoms with Crippen LogP contribution in [-0.4, -0.2) is 6.04 Å². The van der Waals surface area contributed by atoms with Crippen LogP contribution in [0.1, 0.15) is 15.3 Å². The molecule has 0 fully saturated rings. The molecular weight excluding hydrogens is 57.0 g/mol. The summed E-state index contributed by atoms with van der Waals surface area (Å²) in [7, 11) is 0. The van der Waals surface area contributed by atoms with Crippen LogP contribution in [0, 0.1) is 0 Å². The van der Waals surface area contributed by atoms with Gasteiger partial charge in [0.05, 0.1) is 0 Å². The summed E-state index contributed by atoms with van der Waals surface area (Å²) in [6, 6.07) is 0.333. The van der Waals surface area contributed by atoms with E-state index in [1.807, 2.05) is 13.8 Å². The van der Waals surface area contributed by atoms with Crippen LogP contribution >= 0.6 is 0 Å². The monoisotopic (exact) mass is 67.1 g/mol. The van der Waals surface area contributed by atoms with Gasteiger partial charge in [-0.3, -0.25) is 0 Å². The molecule has 0 aromatic rings. The summed E-state index contributed by atoms with van der Waals surface area (Å²) in [6.07, 6.45) is 0. The third-order valence-corrected chi connectivity index (χ3v) is 0. The Hall–Kier alpha value is 0.557. The van der Waals surface area contributed by atoms with Crippen LogP contribution < -0.4 is 24.6 Å². The normalized spacial score (nSPS) is 7.20. The molecule has 0 rings (SSSR count). The second-order valence-electron chi connectivity index (χ2n) is 1.24. The zero-order chi connectivity index (χ0) is 3.58. The summed E-state index contributed by atoms with van der Waals surface area (Å²) >= 11 is 0. The van der Waals surface area contributed by atoms with E-state index in [4.69, 9.17) is 5.73 Å². The van der Waals surface area contributed by atoms with Crippen LogP contribution in [0.25, 0.3) is 0 Å². The van der Waals surface area contributed by atoms with Crippen LogP contribution in [-0.2, 0) is 0 Å². The molecule has 0 bridgehead atoms. The number of rotatable bonds is 0. The van der Waals surface area contributed by atoms with E-state index in [2.05, 4.69) is 0 Å². The smallest absolute Gasteiger partial charge is 1.00 e. The van der Waals surface area contributed by atoms with E-state index in [1.54, 1.807) is 0 Å². The van der Waals surface area contributed by atoms with Gasteiger partial charge in [0.1, 0.15) is 0 Å². The molecule has 0 aliphatic carbocycles. The molecule has 0 radical (unpaired) electrons. The molecular formula is C3H10LiN. The molecule has 28 valence electrons. The average Bonchev–Trinajstić information content (AvgIpc) is 0.811. The van der Waals surface area contributed by atoms with Crippen LogP contribution in [0.3, 0.4) is 0 Å². The topological polar surface area (TPSA) is 26.0 Å². The van der Waals surface area contributed by atoms with Crippen LogP contribution in [0.2, 0.25) is 0 Å². The quantitative estimate of drug-likeness (QED) is 0.311. The van der Waals surface area contributed by atoms with Crippen LogP contribution in [0.5, 0.6) is 0 Å². The van der Waals surface area contributed by atoms with E-state index in [1.165, 1.54) is 0 Å². The zero-order valence-electron chi connectivity index (χ0n) is 5.15. The van der Waals surface area contributed by atoms with Crippen molar-refractivity contribution in [2.45, 2.75) is 19.9 Å². The maximum atomic E-state index is 5.11. The Kier molecular flexibility index (Phi) is 8.31. The third-order valence-electron chi connectivity index (χ3n) is 0. The fraction of sp³-hybridized carbons (Fsp3) is 1.00. The molecule has 0 spiro atoms. The Morgan fingerprint density at radius 2 is 1.60 bits per heavy atom. The molecule has 0 amide bonds. The summed E-state index contributed by atoms with van der Waals surface area (Å²) < 4.78 is 0. The van der Waals surface area contributed by atoms with Gasteiger partial charge in [-0.15, -0.1) is 0 Å². The number of hydrogen-bond acceptors (Lipinski definition) is 1. The second kappa shape index (κ2) is 4.56. The zero-order valence-corrected chi connectivity index (χ0v) is 4.15. The first kappa shape index (κ1) is 9.12. The Morgan fingerprint density at radius 1 is 1.60 bits per heavy atom. The third kappa shape index (κ3) is 95.9. The summed E-state index contributed by atoms with van der Waals surface area (Å²) in [5, 5.41) is 0. The van der Waals surface area contributed by atoms with Crippen LogP contribution in [0.15, 0.2) is 0 Å². The van der Waals surface area contributed by atoms with Crippen molar-refractivity contribution < 1.29 is 20.3 Å². The summed E-state index contributed by atoms with van der Waals surface area (Å²) in [4.78, 5) is 0. The van der Waals surface area contributed by atoms with E-state index in [9.17, 15) is 0 Å². The first-order chi connectivity index (χ1) is 1.73. The fourth-order valence-electron chi connectivity index (χ4n) is 0. The van der Waals surface area contributed by atoms with Crippen molar-refractivity contribution in [2.24, 2.45) is 5.73 Å². The van der Waals surface area contributed by atoms with E-state index in [0.29, 0.717) is 6.04 Å². The molecule has 5 heavy (non-hydrogen) atoms. The molecule has 0 saturated carbocycles. The molecule has 0 aromatic carbocycles. The molecule has 0 aromatic heterocycles. The largest absolute Gasteiger partial charge is 1.00 e. The molecule has 2 heteroatoms. The van der Waals surface area contributed by atoms with E-state index < -0.39 is 0 Å². The van der Waals surface area contributed by atoms with Gasteiger partial charge in [-0.05, 0) is 6.04 Å². The van der Waals surface area contributed by atoms with Crippen molar-refractivity contribution >= 4 is 0 Å². The fourth-order valence-corrected chi connectivity index (χ4v) is 0. The van der Waals surface area contributed by atoms with Gasteiger partial charge < -0.3 is 7.16 Å². The van der Waals surface area contributed by atoms with Gasteiger partial charge in [0.25, 0.3) is 0 Å². The van der Waals surface area contributed by atoms with Crippen molar-refractivity contribution in [3.8, 4) is 0 Å². The van der Waals surface area contributed by atoms with E-state index in [-0.39, 0.29) is 20.3 Å². The van der Waals surface area contributed by atoms with Crippen molar-refractivity contribution in [1.29, 1.82) is 0 Å². The maximum Gasteiger partial charge on any atom is 1.00 e. The Labute approximate surface area is 46.6 Å². The Balaban J connectivity index is -0.0000000450. The predicted octanol–water partition coefficient (Wildman–Crippen LogP) is -2.53. The van der Waals surface area contributed by atoms with Gasteiger partial charge in [-0.25, -0.2) is 0 Å². The molecule has 0 aliphatic heterocycles. The minimum Gasteiger partial charge on any atom is -1.00 e. The first-order valence-corrected chi connectivity index (χ1v) is 1.49. The van der Waals surface area contributed by atoms with E-state index in [0.717, 1.165) is 0 Å². The average molecular weight is 67.1 g/mol. The molecule has 0 aliphatic rings. The Morgan fingerprint density at radius 3 is 1.60 bits per heavy atom. The van der Waals surface area contributed by atoms with Gasteiger partial charge in [0, 0.05) is 0 Å². The van der Waals surface area contributed by atoms with Crippen molar-refractivity contribution in [3.05, 3.63) is 0 Å². The van der Waals surface area contributed by atoms with Crippen LogP contribution in [0.4, 0.5) is 0 Å². The van der Waals surface area contributed by atoms with Gasteiger partial charge in [0.2, 0.25) is 0 Å². The van der Waals surface area contributed by atoms with Gasteiger partial charge >= 0.3 is 18.9 Å². The van der Waals surface area contributed by atoms with Gasteiger partial charge in [-0.2, -0.15) is 0 Å². The van der Waals surface area contributed by atoms with Crippen molar-refractivity contribution in [1.82, 2.24) is 0 Å². The predicted molar refractivity (Wildman–Crippen MR) is 20.4 cm³/mol. The standard InChI is InChI=1S/C3H9N.Li.H/c1-3(2)4;;/h3H,4H2,1-2H3;;/q;+1;-1. The molecule has 1 nitrogen and oxygen atoms in total. The Bertz CT molecular complexity index is 15.5. The number of nitrogens with two attached hydrogens (primary N) is 1. The van der Waals surface area contributed by atoms with Gasteiger partial charge in [0.15, 0.2) is 0 Å². The van der Waals surface area contributed by atoms with E-state index >= 15 is 0 Å². The molecule has 0 atom stereocenters. The van der Waals surface area contributed by atoms with Gasteiger partial charge in [-0.1, -0.05) is 13.8 Å². The molecule has 0 saturated heterocycles. The minimum absolute atomic E-state index is 0. The molecule has 0 heterocycles. The molecule has 2 N–H and O–H groups in total. The second-order valence-corrected chi connectivity index (χ2v) is 1.24.